The highest BCUT2D eigenvalue weighted by molar-refractivity contribution is 5.88. The molecule has 1 saturated carbocycles. The van der Waals surface area contributed by atoms with Crippen LogP contribution in [0.15, 0.2) is 36.7 Å². The van der Waals surface area contributed by atoms with Crippen molar-refractivity contribution in [1.82, 2.24) is 14.9 Å². The van der Waals surface area contributed by atoms with Crippen molar-refractivity contribution in [2.75, 3.05) is 0 Å². The lowest BCUT2D eigenvalue weighted by atomic mass is 9.85. The Morgan fingerprint density at radius 2 is 2.12 bits per heavy atom. The van der Waals surface area contributed by atoms with Crippen molar-refractivity contribution in [3.8, 4) is 5.69 Å². The molecule has 1 aliphatic heterocycles. The molecule has 0 bridgehead atoms. The number of ether oxygens (including phenoxy) is 1. The van der Waals surface area contributed by atoms with Crippen LogP contribution in [0.5, 0.6) is 0 Å². The molecule has 1 atom stereocenters. The van der Waals surface area contributed by atoms with Gasteiger partial charge in [0, 0.05) is 18.9 Å². The maximum absolute atomic E-state index is 12.8. The van der Waals surface area contributed by atoms with Crippen molar-refractivity contribution in [3.63, 3.8) is 0 Å². The fraction of sp³-hybridized carbons (Fsp3) is 0.450. The van der Waals surface area contributed by atoms with Crippen molar-refractivity contribution in [2.24, 2.45) is 5.92 Å². The monoisotopic (exact) mass is 353 g/mol. The Morgan fingerprint density at radius 3 is 2.85 bits per heavy atom. The van der Waals surface area contributed by atoms with E-state index in [9.17, 15) is 9.59 Å². The van der Waals surface area contributed by atoms with Gasteiger partial charge in [-0.15, -0.1) is 0 Å². The Kier molecular flexibility index (Phi) is 4.26. The number of carbonyl (C=O) groups is 2. The summed E-state index contributed by atoms with van der Waals surface area (Å²) in [6.45, 7) is 2.36. The molecule has 2 heterocycles. The van der Waals surface area contributed by atoms with E-state index in [-0.39, 0.29) is 24.2 Å². The standard InChI is InChI=1S/C20H23N3O3/c1-14-21-10-11-23(14)17-7-3-2-6-15(17)13-22-19(25)16-12-18(24)26-20(16)8-4-5-9-20/h2-3,6-7,10-11,16H,4-5,8-9,12-13H2,1H3,(H,22,25). The Labute approximate surface area is 152 Å². The average Bonchev–Trinajstić information content (AvgIpc) is 3.35. The van der Waals surface area contributed by atoms with Crippen LogP contribution in [0.3, 0.4) is 0 Å². The molecule has 26 heavy (non-hydrogen) atoms. The lowest BCUT2D eigenvalue weighted by Gasteiger charge is -2.28. The zero-order valence-electron chi connectivity index (χ0n) is 14.9. The van der Waals surface area contributed by atoms with Crippen molar-refractivity contribution in [2.45, 2.75) is 51.2 Å². The molecule has 6 nitrogen and oxygen atoms in total. The van der Waals surface area contributed by atoms with E-state index in [1.807, 2.05) is 42.0 Å². The third-order valence-corrected chi connectivity index (χ3v) is 5.62. The van der Waals surface area contributed by atoms with E-state index in [0.717, 1.165) is 42.8 Å². The SMILES string of the molecule is Cc1nccn1-c1ccccc1CNC(=O)C1CC(=O)OC12CCCC2. The number of benzene rings is 1. The Bertz CT molecular complexity index is 836. The van der Waals surface area contributed by atoms with Gasteiger partial charge in [-0.2, -0.15) is 0 Å². The normalized spacial score (nSPS) is 21.1. The summed E-state index contributed by atoms with van der Waals surface area (Å²) in [5.74, 6) is 0.180. The van der Waals surface area contributed by atoms with E-state index in [0.29, 0.717) is 6.54 Å². The minimum absolute atomic E-state index is 0.0880. The molecular weight excluding hydrogens is 330 g/mol. The van der Waals surface area contributed by atoms with Gasteiger partial charge < -0.3 is 14.6 Å². The van der Waals surface area contributed by atoms with Gasteiger partial charge in [0.25, 0.3) is 0 Å². The molecule has 1 aromatic heterocycles. The second-order valence-corrected chi connectivity index (χ2v) is 7.19. The summed E-state index contributed by atoms with van der Waals surface area (Å²) in [5, 5.41) is 3.03. The summed E-state index contributed by atoms with van der Waals surface area (Å²) in [6, 6.07) is 7.93. The molecule has 2 fully saturated rings. The highest BCUT2D eigenvalue weighted by atomic mass is 16.6. The number of nitrogens with zero attached hydrogens (tertiary/aromatic N) is 2. The van der Waals surface area contributed by atoms with Crippen LogP contribution in [0.2, 0.25) is 0 Å². The van der Waals surface area contributed by atoms with Gasteiger partial charge in [-0.25, -0.2) is 4.98 Å². The maximum atomic E-state index is 12.8. The van der Waals surface area contributed by atoms with Crippen LogP contribution < -0.4 is 5.32 Å². The van der Waals surface area contributed by atoms with E-state index in [1.165, 1.54) is 0 Å². The topological polar surface area (TPSA) is 73.2 Å². The molecule has 136 valence electrons. The van der Waals surface area contributed by atoms with Gasteiger partial charge >= 0.3 is 5.97 Å². The molecule has 1 unspecified atom stereocenters. The van der Waals surface area contributed by atoms with Crippen molar-refractivity contribution >= 4 is 11.9 Å². The maximum Gasteiger partial charge on any atom is 0.307 e. The van der Waals surface area contributed by atoms with Gasteiger partial charge in [-0.05, 0) is 44.2 Å². The number of amides is 1. The van der Waals surface area contributed by atoms with Crippen molar-refractivity contribution < 1.29 is 14.3 Å². The van der Waals surface area contributed by atoms with Crippen LogP contribution in [0.4, 0.5) is 0 Å². The first-order valence-corrected chi connectivity index (χ1v) is 9.17. The van der Waals surface area contributed by atoms with Gasteiger partial charge in [-0.1, -0.05) is 18.2 Å². The molecule has 2 aliphatic rings. The fourth-order valence-electron chi connectivity index (χ4n) is 4.28. The largest absolute Gasteiger partial charge is 0.458 e. The smallest absolute Gasteiger partial charge is 0.307 e. The van der Waals surface area contributed by atoms with Crippen molar-refractivity contribution in [3.05, 3.63) is 48.0 Å². The van der Waals surface area contributed by atoms with E-state index in [1.54, 1.807) is 6.20 Å². The van der Waals surface area contributed by atoms with Crippen LogP contribution in [0.25, 0.3) is 5.69 Å². The average molecular weight is 353 g/mol. The Balaban J connectivity index is 1.51. The predicted molar refractivity (Wildman–Crippen MR) is 95.5 cm³/mol. The predicted octanol–water partition coefficient (Wildman–Crippen LogP) is 2.67. The summed E-state index contributed by atoms with van der Waals surface area (Å²) in [4.78, 5) is 28.9. The van der Waals surface area contributed by atoms with Crippen LogP contribution in [0.1, 0.15) is 43.5 Å². The third kappa shape index (κ3) is 2.89. The molecule has 1 spiro atoms. The fourth-order valence-corrected chi connectivity index (χ4v) is 4.28. The molecule has 1 amide bonds. The lowest BCUT2D eigenvalue weighted by molar-refractivity contribution is -0.149. The van der Waals surface area contributed by atoms with E-state index >= 15 is 0 Å². The summed E-state index contributed by atoms with van der Waals surface area (Å²) in [7, 11) is 0. The van der Waals surface area contributed by atoms with Gasteiger partial charge in [0.2, 0.25) is 5.91 Å². The number of imidazole rings is 1. The molecule has 1 saturated heterocycles. The first-order valence-electron chi connectivity index (χ1n) is 9.17. The molecule has 6 heteroatoms. The molecule has 0 radical (unpaired) electrons. The zero-order chi connectivity index (χ0) is 18.1. The van der Waals surface area contributed by atoms with E-state index < -0.39 is 5.60 Å². The molecule has 1 aliphatic carbocycles. The molecule has 1 aromatic carbocycles. The van der Waals surface area contributed by atoms with Crippen LogP contribution in [-0.4, -0.2) is 27.0 Å². The molecule has 2 aromatic rings. The Morgan fingerprint density at radius 1 is 1.35 bits per heavy atom. The number of esters is 1. The van der Waals surface area contributed by atoms with Crippen LogP contribution in [-0.2, 0) is 20.9 Å². The molecule has 4 rings (SSSR count). The van der Waals surface area contributed by atoms with E-state index in [2.05, 4.69) is 10.3 Å². The molecular formula is C20H23N3O3. The minimum atomic E-state index is -0.568. The second-order valence-electron chi connectivity index (χ2n) is 7.19. The minimum Gasteiger partial charge on any atom is -0.458 e. The number of aromatic nitrogens is 2. The third-order valence-electron chi connectivity index (χ3n) is 5.62. The van der Waals surface area contributed by atoms with Crippen molar-refractivity contribution in [1.29, 1.82) is 0 Å². The lowest BCUT2D eigenvalue weighted by Crippen LogP contribution is -2.42. The quantitative estimate of drug-likeness (QED) is 0.858. The van der Waals surface area contributed by atoms with Crippen LogP contribution in [0, 0.1) is 12.8 Å². The summed E-state index contributed by atoms with van der Waals surface area (Å²) < 4.78 is 7.58. The number of rotatable bonds is 4. The number of carbonyl (C=O) groups excluding carboxylic acids is 2. The van der Waals surface area contributed by atoms with Gasteiger partial charge in [0.15, 0.2) is 0 Å². The van der Waals surface area contributed by atoms with Gasteiger partial charge in [0.1, 0.15) is 11.4 Å². The number of hydrogen-bond donors (Lipinski definition) is 1. The molecule has 1 N–H and O–H groups in total. The summed E-state index contributed by atoms with van der Waals surface area (Å²) in [5.41, 5.74) is 1.44. The number of hydrogen-bond acceptors (Lipinski definition) is 4. The van der Waals surface area contributed by atoms with Crippen LogP contribution >= 0.6 is 0 Å². The number of para-hydroxylation sites is 1. The highest BCUT2D eigenvalue weighted by Crippen LogP contribution is 2.45. The first kappa shape index (κ1) is 16.8. The summed E-state index contributed by atoms with van der Waals surface area (Å²) in [6.07, 6.45) is 7.47. The number of nitrogens with one attached hydrogen (secondary N) is 1. The Hall–Kier alpha value is -2.63. The number of aryl methyl sites for hydroxylation is 1. The first-order chi connectivity index (χ1) is 12.6. The van der Waals surface area contributed by atoms with E-state index in [4.69, 9.17) is 4.74 Å². The van der Waals surface area contributed by atoms with Gasteiger partial charge in [-0.3, -0.25) is 9.59 Å². The van der Waals surface area contributed by atoms with Gasteiger partial charge in [0.05, 0.1) is 18.0 Å². The highest BCUT2D eigenvalue weighted by Gasteiger charge is 2.53. The summed E-state index contributed by atoms with van der Waals surface area (Å²) >= 11 is 0. The second kappa shape index (κ2) is 6.59. The zero-order valence-corrected chi connectivity index (χ0v) is 14.9.